The molecule has 0 N–H and O–H groups in total. The van der Waals surface area contributed by atoms with Gasteiger partial charge in [0.1, 0.15) is 11.4 Å². The normalized spacial score (nSPS) is 10.4. The predicted molar refractivity (Wildman–Crippen MR) is 64.1 cm³/mol. The standard InChI is InChI=1S/C9H6Br2N4O/c1-15-7(4-13-14-15)9(16)8-6(11)2-5(10)3-12-8/h2-4H,1H3. The molecule has 82 valence electrons. The highest BCUT2D eigenvalue weighted by Gasteiger charge is 2.17. The van der Waals surface area contributed by atoms with Crippen molar-refractivity contribution in [1.82, 2.24) is 20.0 Å². The zero-order chi connectivity index (χ0) is 11.7. The first-order valence-corrected chi connectivity index (χ1v) is 5.88. The van der Waals surface area contributed by atoms with E-state index < -0.39 is 0 Å². The van der Waals surface area contributed by atoms with Crippen LogP contribution in [0.15, 0.2) is 27.4 Å². The lowest BCUT2D eigenvalue weighted by atomic mass is 10.2. The van der Waals surface area contributed by atoms with Gasteiger partial charge in [0.05, 0.1) is 6.20 Å². The van der Waals surface area contributed by atoms with E-state index in [9.17, 15) is 4.79 Å². The molecule has 0 amide bonds. The molecular formula is C9H6Br2N4O. The minimum Gasteiger partial charge on any atom is -0.285 e. The van der Waals surface area contributed by atoms with Gasteiger partial charge in [-0.1, -0.05) is 5.21 Å². The van der Waals surface area contributed by atoms with E-state index in [-0.39, 0.29) is 5.78 Å². The smallest absolute Gasteiger partial charge is 0.232 e. The number of carbonyl (C=O) groups is 1. The minimum absolute atomic E-state index is 0.216. The van der Waals surface area contributed by atoms with Gasteiger partial charge < -0.3 is 0 Å². The average molecular weight is 346 g/mol. The van der Waals surface area contributed by atoms with Crippen molar-refractivity contribution in [3.63, 3.8) is 0 Å². The van der Waals surface area contributed by atoms with Gasteiger partial charge in [-0.05, 0) is 37.9 Å². The molecule has 0 radical (unpaired) electrons. The molecule has 0 atom stereocenters. The van der Waals surface area contributed by atoms with Crippen molar-refractivity contribution in [2.24, 2.45) is 7.05 Å². The van der Waals surface area contributed by atoms with E-state index in [0.717, 1.165) is 4.47 Å². The lowest BCUT2D eigenvalue weighted by Crippen LogP contribution is -2.10. The van der Waals surface area contributed by atoms with Crippen LogP contribution in [0, 0.1) is 0 Å². The molecule has 5 nitrogen and oxygen atoms in total. The maximum absolute atomic E-state index is 12.1. The van der Waals surface area contributed by atoms with Crippen LogP contribution in [0.3, 0.4) is 0 Å². The third-order valence-corrected chi connectivity index (χ3v) is 3.01. The Balaban J connectivity index is 2.46. The van der Waals surface area contributed by atoms with Crippen molar-refractivity contribution in [3.8, 4) is 0 Å². The summed E-state index contributed by atoms with van der Waals surface area (Å²) in [5, 5.41) is 7.36. The molecule has 0 saturated heterocycles. The van der Waals surface area contributed by atoms with Gasteiger partial charge in [-0.25, -0.2) is 4.68 Å². The van der Waals surface area contributed by atoms with Crippen LogP contribution in [0.4, 0.5) is 0 Å². The second-order valence-corrected chi connectivity index (χ2v) is 4.83. The van der Waals surface area contributed by atoms with Crippen LogP contribution < -0.4 is 0 Å². The van der Waals surface area contributed by atoms with Crippen molar-refractivity contribution in [1.29, 1.82) is 0 Å². The third-order valence-electron chi connectivity index (χ3n) is 1.97. The highest BCUT2D eigenvalue weighted by atomic mass is 79.9. The fourth-order valence-corrected chi connectivity index (χ4v) is 2.37. The summed E-state index contributed by atoms with van der Waals surface area (Å²) < 4.78 is 2.85. The third kappa shape index (κ3) is 2.05. The molecule has 0 aliphatic heterocycles. The van der Waals surface area contributed by atoms with Crippen LogP contribution in [-0.4, -0.2) is 25.8 Å². The second kappa shape index (κ2) is 4.42. The second-order valence-electron chi connectivity index (χ2n) is 3.06. The van der Waals surface area contributed by atoms with Gasteiger partial charge in [-0.2, -0.15) is 0 Å². The number of pyridine rings is 1. The molecule has 0 aliphatic rings. The zero-order valence-corrected chi connectivity index (χ0v) is 11.4. The van der Waals surface area contributed by atoms with Gasteiger partial charge in [-0.15, -0.1) is 5.10 Å². The number of hydrogen-bond acceptors (Lipinski definition) is 4. The van der Waals surface area contributed by atoms with Crippen LogP contribution >= 0.6 is 31.9 Å². The molecule has 0 aromatic carbocycles. The molecule has 0 saturated carbocycles. The fraction of sp³-hybridized carbons (Fsp3) is 0.111. The molecule has 0 aliphatic carbocycles. The van der Waals surface area contributed by atoms with Crippen molar-refractivity contribution in [3.05, 3.63) is 38.8 Å². The Kier molecular flexibility index (Phi) is 3.15. The number of ketones is 1. The van der Waals surface area contributed by atoms with Crippen molar-refractivity contribution in [2.45, 2.75) is 0 Å². The van der Waals surface area contributed by atoms with Crippen molar-refractivity contribution in [2.75, 3.05) is 0 Å². The van der Waals surface area contributed by atoms with Gasteiger partial charge in [-0.3, -0.25) is 9.78 Å². The number of rotatable bonds is 2. The SMILES string of the molecule is Cn1nncc1C(=O)c1ncc(Br)cc1Br. The van der Waals surface area contributed by atoms with Crippen molar-refractivity contribution < 1.29 is 4.79 Å². The first-order chi connectivity index (χ1) is 7.59. The molecular weight excluding hydrogens is 340 g/mol. The van der Waals surface area contributed by atoms with Gasteiger partial charge in [0, 0.05) is 22.2 Å². The number of carbonyl (C=O) groups excluding carboxylic acids is 1. The summed E-state index contributed by atoms with van der Waals surface area (Å²) in [6, 6.07) is 1.77. The van der Waals surface area contributed by atoms with Gasteiger partial charge in [0.15, 0.2) is 0 Å². The molecule has 2 aromatic heterocycles. The summed E-state index contributed by atoms with van der Waals surface area (Å²) in [5.74, 6) is -0.216. The molecule has 0 fully saturated rings. The number of aromatic nitrogens is 4. The molecule has 0 bridgehead atoms. The highest BCUT2D eigenvalue weighted by molar-refractivity contribution is 9.11. The molecule has 2 aromatic rings. The molecule has 0 spiro atoms. The Morgan fingerprint density at radius 2 is 2.12 bits per heavy atom. The topological polar surface area (TPSA) is 60.7 Å². The monoisotopic (exact) mass is 344 g/mol. The largest absolute Gasteiger partial charge is 0.285 e. The number of nitrogens with zero attached hydrogens (tertiary/aromatic N) is 4. The number of aryl methyl sites for hydroxylation is 1. The van der Waals surface area contributed by atoms with Crippen LogP contribution in [0.2, 0.25) is 0 Å². The van der Waals surface area contributed by atoms with E-state index in [1.807, 2.05) is 0 Å². The van der Waals surface area contributed by atoms with E-state index in [4.69, 9.17) is 0 Å². The summed E-state index contributed by atoms with van der Waals surface area (Å²) in [6.45, 7) is 0. The summed E-state index contributed by atoms with van der Waals surface area (Å²) in [6.07, 6.45) is 2.99. The lowest BCUT2D eigenvalue weighted by Gasteiger charge is -2.02. The molecule has 2 rings (SSSR count). The van der Waals surface area contributed by atoms with E-state index in [1.165, 1.54) is 10.9 Å². The first-order valence-electron chi connectivity index (χ1n) is 4.30. The van der Waals surface area contributed by atoms with Gasteiger partial charge in [0.25, 0.3) is 0 Å². The minimum atomic E-state index is -0.216. The summed E-state index contributed by atoms with van der Waals surface area (Å²) in [7, 11) is 1.66. The Morgan fingerprint density at radius 1 is 1.38 bits per heavy atom. The lowest BCUT2D eigenvalue weighted by molar-refractivity contribution is 0.102. The zero-order valence-electron chi connectivity index (χ0n) is 8.19. The van der Waals surface area contributed by atoms with E-state index >= 15 is 0 Å². The van der Waals surface area contributed by atoms with E-state index in [0.29, 0.717) is 15.9 Å². The highest BCUT2D eigenvalue weighted by Crippen LogP contribution is 2.21. The predicted octanol–water partition coefficient (Wildman–Crippen LogP) is 1.97. The van der Waals surface area contributed by atoms with Crippen LogP contribution in [-0.2, 0) is 7.05 Å². The van der Waals surface area contributed by atoms with Crippen molar-refractivity contribution >= 4 is 37.6 Å². The summed E-state index contributed by atoms with van der Waals surface area (Å²) >= 11 is 6.57. The van der Waals surface area contributed by atoms with Gasteiger partial charge >= 0.3 is 0 Å². The molecule has 0 unspecified atom stereocenters. The number of halogens is 2. The summed E-state index contributed by atoms with van der Waals surface area (Å²) in [5.41, 5.74) is 0.740. The maximum atomic E-state index is 12.1. The quantitative estimate of drug-likeness (QED) is 0.781. The van der Waals surface area contributed by atoms with Gasteiger partial charge in [0.2, 0.25) is 5.78 Å². The Hall–Kier alpha value is -1.08. The maximum Gasteiger partial charge on any atom is 0.232 e. The Morgan fingerprint density at radius 3 is 2.69 bits per heavy atom. The Bertz CT molecular complexity index is 552. The first kappa shape index (κ1) is 11.4. The van der Waals surface area contributed by atoms with Crippen LogP contribution in [0.5, 0.6) is 0 Å². The summed E-state index contributed by atoms with van der Waals surface area (Å²) in [4.78, 5) is 16.1. The van der Waals surface area contributed by atoms with Crippen LogP contribution in [0.25, 0.3) is 0 Å². The molecule has 16 heavy (non-hydrogen) atoms. The fourth-order valence-electron chi connectivity index (χ4n) is 1.20. The van der Waals surface area contributed by atoms with E-state index in [1.54, 1.807) is 19.3 Å². The Labute approximate surface area is 108 Å². The molecule has 2 heterocycles. The number of hydrogen-bond donors (Lipinski definition) is 0. The van der Waals surface area contributed by atoms with Crippen LogP contribution in [0.1, 0.15) is 16.2 Å². The average Bonchev–Trinajstić information content (AvgIpc) is 2.63. The van der Waals surface area contributed by atoms with E-state index in [2.05, 4.69) is 47.2 Å². The molecule has 7 heteroatoms.